The molecule has 1 aliphatic rings. The summed E-state index contributed by atoms with van der Waals surface area (Å²) < 4.78 is 81.7. The van der Waals surface area contributed by atoms with Crippen LogP contribution in [-0.2, 0) is 12.4 Å². The van der Waals surface area contributed by atoms with Crippen molar-refractivity contribution >= 4 is 5.91 Å². The highest BCUT2D eigenvalue weighted by Gasteiger charge is 2.40. The smallest absolute Gasteiger partial charge is 0.417 e. The number of carbonyl (C=O) groups excluding carboxylic acids is 1. The molecular formula is C16H13F6N3O2. The number of hydrogen-bond acceptors (Lipinski definition) is 4. The first-order valence-electron chi connectivity index (χ1n) is 7.93. The molecule has 1 aromatic heterocycles. The maximum absolute atomic E-state index is 13.1. The predicted molar refractivity (Wildman–Crippen MR) is 78.6 cm³/mol. The van der Waals surface area contributed by atoms with Crippen molar-refractivity contribution in [2.45, 2.75) is 31.1 Å². The van der Waals surface area contributed by atoms with E-state index in [0.29, 0.717) is 12.8 Å². The maximum Gasteiger partial charge on any atom is 0.470 e. The molecule has 1 unspecified atom stereocenters. The van der Waals surface area contributed by atoms with E-state index in [4.69, 9.17) is 0 Å². The van der Waals surface area contributed by atoms with Crippen LogP contribution in [-0.4, -0.2) is 34.1 Å². The van der Waals surface area contributed by atoms with Crippen molar-refractivity contribution in [1.29, 1.82) is 0 Å². The van der Waals surface area contributed by atoms with E-state index in [-0.39, 0.29) is 19.0 Å². The number of benzene rings is 1. The summed E-state index contributed by atoms with van der Waals surface area (Å²) in [5.41, 5.74) is -1.57. The summed E-state index contributed by atoms with van der Waals surface area (Å²) in [6.07, 6.45) is -8.73. The number of carbonyl (C=O) groups is 1. The Balaban J connectivity index is 1.81. The fraction of sp³-hybridized carbons (Fsp3) is 0.438. The van der Waals surface area contributed by atoms with Crippen molar-refractivity contribution in [3.05, 3.63) is 47.2 Å². The molecule has 1 saturated heterocycles. The molecule has 1 aliphatic heterocycles. The third-order valence-corrected chi connectivity index (χ3v) is 4.20. The summed E-state index contributed by atoms with van der Waals surface area (Å²) in [5.74, 6) is -3.31. The van der Waals surface area contributed by atoms with Gasteiger partial charge in [0, 0.05) is 13.1 Å². The molecular weight excluding hydrogens is 380 g/mol. The normalized spacial score (nSPS) is 18.6. The average Bonchev–Trinajstić information content (AvgIpc) is 3.11. The van der Waals surface area contributed by atoms with Gasteiger partial charge in [0.15, 0.2) is 0 Å². The molecule has 146 valence electrons. The third-order valence-electron chi connectivity index (χ3n) is 4.20. The molecule has 0 N–H and O–H groups in total. The number of aromatic nitrogens is 2. The lowest BCUT2D eigenvalue weighted by Crippen LogP contribution is -2.40. The Morgan fingerprint density at radius 2 is 1.78 bits per heavy atom. The number of halogens is 6. The first-order valence-corrected chi connectivity index (χ1v) is 7.93. The SMILES string of the molecule is O=C(c1ccccc1C(F)(F)F)N1CCCC(c2nnc(C(F)(F)F)o2)C1. The van der Waals surface area contributed by atoms with Gasteiger partial charge in [0.1, 0.15) is 0 Å². The van der Waals surface area contributed by atoms with Crippen molar-refractivity contribution in [2.24, 2.45) is 0 Å². The molecule has 0 saturated carbocycles. The summed E-state index contributed by atoms with van der Waals surface area (Å²) in [7, 11) is 0. The minimum absolute atomic E-state index is 0.107. The summed E-state index contributed by atoms with van der Waals surface area (Å²) in [5, 5.41) is 6.32. The van der Waals surface area contributed by atoms with Gasteiger partial charge in [-0.2, -0.15) is 26.3 Å². The van der Waals surface area contributed by atoms with Crippen LogP contribution in [0.25, 0.3) is 0 Å². The molecule has 0 spiro atoms. The van der Waals surface area contributed by atoms with Crippen LogP contribution in [0.1, 0.15) is 46.5 Å². The Bertz CT molecular complexity index is 830. The monoisotopic (exact) mass is 393 g/mol. The molecule has 1 aromatic carbocycles. The van der Waals surface area contributed by atoms with Crippen molar-refractivity contribution in [1.82, 2.24) is 15.1 Å². The van der Waals surface area contributed by atoms with Gasteiger partial charge in [-0.1, -0.05) is 12.1 Å². The Hall–Kier alpha value is -2.59. The maximum atomic E-state index is 13.1. The molecule has 1 atom stereocenters. The number of alkyl halides is 6. The molecule has 3 rings (SSSR count). The molecule has 1 amide bonds. The molecule has 5 nitrogen and oxygen atoms in total. The van der Waals surface area contributed by atoms with Crippen LogP contribution in [0, 0.1) is 0 Å². The van der Waals surface area contributed by atoms with Crippen molar-refractivity contribution < 1.29 is 35.6 Å². The summed E-state index contributed by atoms with van der Waals surface area (Å²) in [4.78, 5) is 13.8. The van der Waals surface area contributed by atoms with E-state index in [9.17, 15) is 31.1 Å². The summed E-state index contributed by atoms with van der Waals surface area (Å²) in [6, 6.07) is 4.37. The quantitative estimate of drug-likeness (QED) is 0.720. The molecule has 0 bridgehead atoms. The topological polar surface area (TPSA) is 59.2 Å². The van der Waals surface area contributed by atoms with Crippen LogP contribution in [0.3, 0.4) is 0 Å². The van der Waals surface area contributed by atoms with Gasteiger partial charge >= 0.3 is 18.2 Å². The molecule has 2 heterocycles. The lowest BCUT2D eigenvalue weighted by molar-refractivity contribution is -0.157. The lowest BCUT2D eigenvalue weighted by atomic mass is 9.96. The van der Waals surface area contributed by atoms with Gasteiger partial charge in [-0.15, -0.1) is 10.2 Å². The number of nitrogens with zero attached hydrogens (tertiary/aromatic N) is 3. The van der Waals surface area contributed by atoms with E-state index in [2.05, 4.69) is 14.6 Å². The van der Waals surface area contributed by atoms with E-state index in [1.807, 2.05) is 0 Å². The minimum Gasteiger partial charge on any atom is -0.417 e. The number of likely N-dealkylation sites (tertiary alicyclic amines) is 1. The van der Waals surface area contributed by atoms with Gasteiger partial charge in [0.2, 0.25) is 5.89 Å². The Morgan fingerprint density at radius 3 is 2.41 bits per heavy atom. The van der Waals surface area contributed by atoms with Crippen LogP contribution < -0.4 is 0 Å². The second-order valence-corrected chi connectivity index (χ2v) is 6.08. The number of rotatable bonds is 2. The average molecular weight is 393 g/mol. The molecule has 27 heavy (non-hydrogen) atoms. The largest absolute Gasteiger partial charge is 0.470 e. The molecule has 0 radical (unpaired) electrons. The van der Waals surface area contributed by atoms with Crippen molar-refractivity contribution in [2.75, 3.05) is 13.1 Å². The predicted octanol–water partition coefficient (Wildman–Crippen LogP) is 4.13. The van der Waals surface area contributed by atoms with E-state index >= 15 is 0 Å². The summed E-state index contributed by atoms with van der Waals surface area (Å²) in [6.45, 7) is 0.0757. The Kier molecular flexibility index (Phi) is 4.87. The van der Waals surface area contributed by atoms with Crippen LogP contribution in [0.15, 0.2) is 28.7 Å². The van der Waals surface area contributed by atoms with Gasteiger partial charge in [-0.3, -0.25) is 4.79 Å². The van der Waals surface area contributed by atoms with E-state index in [1.54, 1.807) is 0 Å². The van der Waals surface area contributed by atoms with Gasteiger partial charge in [-0.05, 0) is 25.0 Å². The van der Waals surface area contributed by atoms with Gasteiger partial charge in [0.05, 0.1) is 17.0 Å². The zero-order chi connectivity index (χ0) is 19.8. The van der Waals surface area contributed by atoms with Crippen molar-refractivity contribution in [3.8, 4) is 0 Å². The summed E-state index contributed by atoms with van der Waals surface area (Å²) >= 11 is 0. The molecule has 1 fully saturated rings. The van der Waals surface area contributed by atoms with Crippen LogP contribution in [0.2, 0.25) is 0 Å². The highest BCUT2D eigenvalue weighted by atomic mass is 19.4. The van der Waals surface area contributed by atoms with Gasteiger partial charge in [-0.25, -0.2) is 0 Å². The first-order chi connectivity index (χ1) is 12.6. The molecule has 11 heteroatoms. The third kappa shape index (κ3) is 4.06. The fourth-order valence-electron chi connectivity index (χ4n) is 2.96. The Labute approximate surface area is 149 Å². The first kappa shape index (κ1) is 19.2. The van der Waals surface area contributed by atoms with Crippen LogP contribution >= 0.6 is 0 Å². The van der Waals surface area contributed by atoms with Crippen molar-refractivity contribution in [3.63, 3.8) is 0 Å². The van der Waals surface area contributed by atoms with Gasteiger partial charge in [0.25, 0.3) is 5.91 Å². The molecule has 2 aromatic rings. The standard InChI is InChI=1S/C16H13F6N3O2/c17-15(18,19)11-6-2-1-5-10(11)13(26)25-7-3-4-9(8-25)12-23-24-14(27-12)16(20,21)22/h1-2,5-6,9H,3-4,7-8H2. The second kappa shape index (κ2) is 6.86. The molecule has 0 aliphatic carbocycles. The lowest BCUT2D eigenvalue weighted by Gasteiger charge is -2.31. The number of amides is 1. The number of piperidine rings is 1. The fourth-order valence-corrected chi connectivity index (χ4v) is 2.96. The highest BCUT2D eigenvalue weighted by Crippen LogP contribution is 2.35. The van der Waals surface area contributed by atoms with E-state index < -0.39 is 41.2 Å². The zero-order valence-corrected chi connectivity index (χ0v) is 13.6. The van der Waals surface area contributed by atoms with Gasteiger partial charge < -0.3 is 9.32 Å². The second-order valence-electron chi connectivity index (χ2n) is 6.08. The number of hydrogen-bond donors (Lipinski definition) is 0. The van der Waals surface area contributed by atoms with E-state index in [0.717, 1.165) is 17.0 Å². The van der Waals surface area contributed by atoms with Crippen LogP contribution in [0.5, 0.6) is 0 Å². The van der Waals surface area contributed by atoms with Crippen LogP contribution in [0.4, 0.5) is 26.3 Å². The zero-order valence-electron chi connectivity index (χ0n) is 13.6. The highest BCUT2D eigenvalue weighted by molar-refractivity contribution is 5.96. The van der Waals surface area contributed by atoms with E-state index in [1.165, 1.54) is 12.1 Å². The Morgan fingerprint density at radius 1 is 1.07 bits per heavy atom. The minimum atomic E-state index is -4.79.